The van der Waals surface area contributed by atoms with Gasteiger partial charge in [-0.25, -0.2) is 9.78 Å². The van der Waals surface area contributed by atoms with Gasteiger partial charge in [-0.15, -0.1) is 11.3 Å². The summed E-state index contributed by atoms with van der Waals surface area (Å²) < 4.78 is 4.99. The Bertz CT molecular complexity index is 1280. The summed E-state index contributed by atoms with van der Waals surface area (Å²) in [6.07, 6.45) is 4.46. The summed E-state index contributed by atoms with van der Waals surface area (Å²) in [5.41, 5.74) is 6.22. The van der Waals surface area contributed by atoms with Crippen molar-refractivity contribution in [1.82, 2.24) is 9.97 Å². The van der Waals surface area contributed by atoms with Crippen molar-refractivity contribution in [2.24, 2.45) is 0 Å². The number of carbonyl (C=O) groups excluding carboxylic acids is 2. The van der Waals surface area contributed by atoms with Gasteiger partial charge in [0.15, 0.2) is 0 Å². The van der Waals surface area contributed by atoms with Gasteiger partial charge in [0.25, 0.3) is 0 Å². The van der Waals surface area contributed by atoms with E-state index in [9.17, 15) is 9.59 Å². The van der Waals surface area contributed by atoms with Crippen molar-refractivity contribution < 1.29 is 14.3 Å². The van der Waals surface area contributed by atoms with Gasteiger partial charge in [-0.3, -0.25) is 9.78 Å². The molecular formula is C27H25N3O3S. The molecule has 0 aliphatic heterocycles. The first-order valence-corrected chi connectivity index (χ1v) is 11.9. The van der Waals surface area contributed by atoms with E-state index in [1.165, 1.54) is 0 Å². The molecule has 4 rings (SSSR count). The standard InChI is InChI=1S/C27H25N3O3S/c1-3-33-27(32)20-9-7-19(8-10-20)13-25(31)29-23-11-6-18(2)22(14-23)15-26-30-24(17-34-26)21-5-4-12-28-16-21/h4-12,14,16-17H,3,13,15H2,1-2H3,(H,29,31). The van der Waals surface area contributed by atoms with Crippen LogP contribution in [0.1, 0.15) is 39.0 Å². The molecule has 0 aliphatic rings. The van der Waals surface area contributed by atoms with Gasteiger partial charge in [0.2, 0.25) is 5.91 Å². The van der Waals surface area contributed by atoms with Crippen LogP contribution < -0.4 is 5.32 Å². The lowest BCUT2D eigenvalue weighted by atomic mass is 10.0. The van der Waals surface area contributed by atoms with E-state index >= 15 is 0 Å². The average Bonchev–Trinajstić information content (AvgIpc) is 3.31. The topological polar surface area (TPSA) is 81.2 Å². The minimum absolute atomic E-state index is 0.119. The van der Waals surface area contributed by atoms with Crippen molar-refractivity contribution in [3.05, 3.63) is 99.6 Å². The Balaban J connectivity index is 1.40. The molecule has 0 aliphatic carbocycles. The smallest absolute Gasteiger partial charge is 0.338 e. The Morgan fingerprint density at radius 1 is 1.09 bits per heavy atom. The first kappa shape index (κ1) is 23.3. The monoisotopic (exact) mass is 471 g/mol. The number of benzene rings is 2. The molecule has 0 unspecified atom stereocenters. The molecule has 0 fully saturated rings. The van der Waals surface area contributed by atoms with Crippen molar-refractivity contribution in [3.63, 3.8) is 0 Å². The molecule has 1 amide bonds. The number of thiazole rings is 1. The van der Waals surface area contributed by atoms with E-state index in [1.54, 1.807) is 48.7 Å². The predicted octanol–water partition coefficient (Wildman–Crippen LogP) is 5.46. The number of rotatable bonds is 8. The Morgan fingerprint density at radius 2 is 1.91 bits per heavy atom. The van der Waals surface area contributed by atoms with E-state index < -0.39 is 0 Å². The fraction of sp³-hybridized carbons (Fsp3) is 0.185. The number of amides is 1. The quantitative estimate of drug-likeness (QED) is 0.345. The number of nitrogens with zero attached hydrogens (tertiary/aromatic N) is 2. The molecule has 4 aromatic rings. The van der Waals surface area contributed by atoms with Gasteiger partial charge in [-0.2, -0.15) is 0 Å². The Kier molecular flexibility index (Phi) is 7.44. The predicted molar refractivity (Wildman–Crippen MR) is 134 cm³/mol. The molecular weight excluding hydrogens is 446 g/mol. The van der Waals surface area contributed by atoms with Crippen LogP contribution in [-0.4, -0.2) is 28.5 Å². The maximum absolute atomic E-state index is 12.6. The van der Waals surface area contributed by atoms with Crippen molar-refractivity contribution in [2.45, 2.75) is 26.7 Å². The maximum atomic E-state index is 12.6. The van der Waals surface area contributed by atoms with Crippen molar-refractivity contribution >= 4 is 28.9 Å². The van der Waals surface area contributed by atoms with Crippen molar-refractivity contribution in [3.8, 4) is 11.3 Å². The lowest BCUT2D eigenvalue weighted by Crippen LogP contribution is -2.15. The summed E-state index contributed by atoms with van der Waals surface area (Å²) in [7, 11) is 0. The van der Waals surface area contributed by atoms with Crippen LogP contribution in [0.25, 0.3) is 11.3 Å². The van der Waals surface area contributed by atoms with Gasteiger partial charge in [-0.05, 0) is 66.9 Å². The zero-order valence-electron chi connectivity index (χ0n) is 19.1. The summed E-state index contributed by atoms with van der Waals surface area (Å²) in [6, 6.07) is 16.7. The molecule has 172 valence electrons. The number of carbonyl (C=O) groups is 2. The molecule has 0 saturated carbocycles. The minimum atomic E-state index is -0.363. The third kappa shape index (κ3) is 5.94. The third-order valence-electron chi connectivity index (χ3n) is 5.31. The third-order valence-corrected chi connectivity index (χ3v) is 6.16. The number of aromatic nitrogens is 2. The van der Waals surface area contributed by atoms with E-state index in [2.05, 4.69) is 17.2 Å². The summed E-state index contributed by atoms with van der Waals surface area (Å²) in [5, 5.41) is 6.03. The number of hydrogen-bond donors (Lipinski definition) is 1. The lowest BCUT2D eigenvalue weighted by molar-refractivity contribution is -0.115. The second-order valence-corrected chi connectivity index (χ2v) is 8.77. The van der Waals surface area contributed by atoms with Crippen LogP contribution in [0.4, 0.5) is 5.69 Å². The molecule has 34 heavy (non-hydrogen) atoms. The highest BCUT2D eigenvalue weighted by molar-refractivity contribution is 7.10. The van der Waals surface area contributed by atoms with Crippen molar-refractivity contribution in [1.29, 1.82) is 0 Å². The van der Waals surface area contributed by atoms with E-state index in [4.69, 9.17) is 9.72 Å². The fourth-order valence-electron chi connectivity index (χ4n) is 3.51. The van der Waals surface area contributed by atoms with E-state index in [0.717, 1.165) is 38.6 Å². The molecule has 1 N–H and O–H groups in total. The summed E-state index contributed by atoms with van der Waals surface area (Å²) >= 11 is 1.62. The molecule has 0 radical (unpaired) electrons. The average molecular weight is 472 g/mol. The first-order valence-electron chi connectivity index (χ1n) is 11.0. The van der Waals surface area contributed by atoms with E-state index in [0.29, 0.717) is 18.6 Å². The zero-order chi connectivity index (χ0) is 23.9. The van der Waals surface area contributed by atoms with Crippen LogP contribution in [0, 0.1) is 6.92 Å². The number of anilines is 1. The number of pyridine rings is 1. The Hall–Kier alpha value is -3.84. The molecule has 0 saturated heterocycles. The van der Waals surface area contributed by atoms with Crippen LogP contribution in [0.15, 0.2) is 72.4 Å². The molecule has 2 heterocycles. The van der Waals surface area contributed by atoms with E-state index in [1.807, 2.05) is 41.9 Å². The highest BCUT2D eigenvalue weighted by Gasteiger charge is 2.11. The molecule has 0 atom stereocenters. The largest absolute Gasteiger partial charge is 0.462 e. The number of hydrogen-bond acceptors (Lipinski definition) is 6. The molecule has 2 aromatic heterocycles. The highest BCUT2D eigenvalue weighted by Crippen LogP contribution is 2.25. The molecule has 2 aromatic carbocycles. The van der Waals surface area contributed by atoms with Gasteiger partial charge < -0.3 is 10.1 Å². The minimum Gasteiger partial charge on any atom is -0.462 e. The number of esters is 1. The zero-order valence-corrected chi connectivity index (χ0v) is 19.9. The summed E-state index contributed by atoms with van der Waals surface area (Å²) in [4.78, 5) is 33.3. The number of aryl methyl sites for hydroxylation is 1. The number of nitrogens with one attached hydrogen (secondary N) is 1. The van der Waals surface area contributed by atoms with Crippen molar-refractivity contribution in [2.75, 3.05) is 11.9 Å². The van der Waals surface area contributed by atoms with Crippen LogP contribution in [0.3, 0.4) is 0 Å². The van der Waals surface area contributed by atoms with Crippen LogP contribution in [0.2, 0.25) is 0 Å². The fourth-order valence-corrected chi connectivity index (χ4v) is 4.33. The van der Waals surface area contributed by atoms with Crippen LogP contribution >= 0.6 is 11.3 Å². The number of ether oxygens (including phenoxy) is 1. The summed E-state index contributed by atoms with van der Waals surface area (Å²) in [5.74, 6) is -0.481. The summed E-state index contributed by atoms with van der Waals surface area (Å²) in [6.45, 7) is 4.15. The van der Waals surface area contributed by atoms with Gasteiger partial charge in [-0.1, -0.05) is 18.2 Å². The first-order chi connectivity index (χ1) is 16.5. The Labute approximate surface area is 202 Å². The Morgan fingerprint density at radius 3 is 2.65 bits per heavy atom. The van der Waals surface area contributed by atoms with Gasteiger partial charge in [0.05, 0.1) is 29.3 Å². The van der Waals surface area contributed by atoms with Crippen LogP contribution in [0.5, 0.6) is 0 Å². The SMILES string of the molecule is CCOC(=O)c1ccc(CC(=O)Nc2ccc(C)c(Cc3nc(-c4cccnc4)cs3)c2)cc1. The normalized spacial score (nSPS) is 10.6. The van der Waals surface area contributed by atoms with Gasteiger partial charge in [0, 0.05) is 35.4 Å². The lowest BCUT2D eigenvalue weighted by Gasteiger charge is -2.10. The maximum Gasteiger partial charge on any atom is 0.338 e. The van der Waals surface area contributed by atoms with Gasteiger partial charge in [0.1, 0.15) is 0 Å². The second kappa shape index (κ2) is 10.9. The molecule has 0 spiro atoms. The molecule has 6 nitrogen and oxygen atoms in total. The van der Waals surface area contributed by atoms with E-state index in [-0.39, 0.29) is 18.3 Å². The van der Waals surface area contributed by atoms with Crippen LogP contribution in [-0.2, 0) is 22.4 Å². The molecule has 7 heteroatoms. The van der Waals surface area contributed by atoms with Gasteiger partial charge >= 0.3 is 5.97 Å². The molecule has 0 bridgehead atoms. The highest BCUT2D eigenvalue weighted by atomic mass is 32.1. The second-order valence-electron chi connectivity index (χ2n) is 7.83.